The third kappa shape index (κ3) is 4.68. The summed E-state index contributed by atoms with van der Waals surface area (Å²) in [4.78, 5) is 11.3. The summed E-state index contributed by atoms with van der Waals surface area (Å²) in [7, 11) is 0. The van der Waals surface area contributed by atoms with Crippen molar-refractivity contribution in [3.8, 4) is 11.5 Å². The first-order valence-corrected chi connectivity index (χ1v) is 5.41. The van der Waals surface area contributed by atoms with Crippen LogP contribution in [0, 0.1) is 0 Å². The standard InChI is InChI=1S/C12H17NO3/c1-2-3-8-13-12(15)9-16-11-6-4-10(14)5-7-11/h4-7,14H,2-3,8-9H2,1H3,(H,13,15). The molecule has 0 aliphatic rings. The van der Waals surface area contributed by atoms with Crippen LogP contribution in [0.25, 0.3) is 0 Å². The van der Waals surface area contributed by atoms with Gasteiger partial charge in [0.15, 0.2) is 6.61 Å². The van der Waals surface area contributed by atoms with Crippen molar-refractivity contribution in [1.82, 2.24) is 5.32 Å². The Hall–Kier alpha value is -1.71. The molecular formula is C12H17NO3. The molecule has 0 unspecified atom stereocenters. The summed E-state index contributed by atoms with van der Waals surface area (Å²) >= 11 is 0. The Morgan fingerprint density at radius 1 is 1.38 bits per heavy atom. The third-order valence-electron chi connectivity index (χ3n) is 2.06. The number of carbonyl (C=O) groups excluding carboxylic acids is 1. The molecule has 0 saturated heterocycles. The van der Waals surface area contributed by atoms with E-state index >= 15 is 0 Å². The van der Waals surface area contributed by atoms with Crippen molar-refractivity contribution in [3.63, 3.8) is 0 Å². The lowest BCUT2D eigenvalue weighted by Crippen LogP contribution is -2.29. The fourth-order valence-corrected chi connectivity index (χ4v) is 1.15. The van der Waals surface area contributed by atoms with Gasteiger partial charge < -0.3 is 15.2 Å². The van der Waals surface area contributed by atoms with Crippen LogP contribution in [0.15, 0.2) is 24.3 Å². The van der Waals surface area contributed by atoms with Gasteiger partial charge in [-0.15, -0.1) is 0 Å². The number of carbonyl (C=O) groups is 1. The number of ether oxygens (including phenoxy) is 1. The molecular weight excluding hydrogens is 206 g/mol. The van der Waals surface area contributed by atoms with Gasteiger partial charge in [0, 0.05) is 6.54 Å². The fourth-order valence-electron chi connectivity index (χ4n) is 1.15. The molecule has 88 valence electrons. The molecule has 0 saturated carbocycles. The van der Waals surface area contributed by atoms with E-state index < -0.39 is 0 Å². The summed E-state index contributed by atoms with van der Waals surface area (Å²) in [5.74, 6) is 0.629. The highest BCUT2D eigenvalue weighted by Gasteiger charge is 2.01. The molecule has 16 heavy (non-hydrogen) atoms. The number of aromatic hydroxyl groups is 1. The molecule has 0 heterocycles. The summed E-state index contributed by atoms with van der Waals surface area (Å²) in [6, 6.07) is 6.28. The molecule has 1 aromatic rings. The quantitative estimate of drug-likeness (QED) is 0.721. The van der Waals surface area contributed by atoms with Gasteiger partial charge in [-0.05, 0) is 30.7 Å². The molecule has 0 fully saturated rings. The summed E-state index contributed by atoms with van der Waals surface area (Å²) < 4.78 is 5.23. The average Bonchev–Trinajstić information content (AvgIpc) is 2.29. The highest BCUT2D eigenvalue weighted by atomic mass is 16.5. The first kappa shape index (κ1) is 12.4. The molecule has 2 N–H and O–H groups in total. The normalized spacial score (nSPS) is 9.81. The maximum Gasteiger partial charge on any atom is 0.257 e. The Morgan fingerprint density at radius 2 is 2.06 bits per heavy atom. The van der Waals surface area contributed by atoms with Gasteiger partial charge in [0.25, 0.3) is 5.91 Å². The Kier molecular flexibility index (Phi) is 5.19. The van der Waals surface area contributed by atoms with Crippen LogP contribution in [-0.2, 0) is 4.79 Å². The van der Waals surface area contributed by atoms with E-state index in [9.17, 15) is 4.79 Å². The van der Waals surface area contributed by atoms with Gasteiger partial charge in [0.05, 0.1) is 0 Å². The molecule has 4 heteroatoms. The topological polar surface area (TPSA) is 58.6 Å². The summed E-state index contributed by atoms with van der Waals surface area (Å²) in [6.45, 7) is 2.77. The average molecular weight is 223 g/mol. The molecule has 0 aliphatic carbocycles. The van der Waals surface area contributed by atoms with Crippen molar-refractivity contribution < 1.29 is 14.6 Å². The number of rotatable bonds is 6. The van der Waals surface area contributed by atoms with Gasteiger partial charge in [0.2, 0.25) is 0 Å². The first-order chi connectivity index (χ1) is 7.72. The molecule has 1 rings (SSSR count). The lowest BCUT2D eigenvalue weighted by Gasteiger charge is -2.06. The highest BCUT2D eigenvalue weighted by molar-refractivity contribution is 5.77. The van der Waals surface area contributed by atoms with Crippen molar-refractivity contribution in [3.05, 3.63) is 24.3 Å². The van der Waals surface area contributed by atoms with Crippen molar-refractivity contribution in [2.75, 3.05) is 13.2 Å². The predicted molar refractivity (Wildman–Crippen MR) is 61.5 cm³/mol. The van der Waals surface area contributed by atoms with Crippen LogP contribution < -0.4 is 10.1 Å². The number of hydrogen-bond donors (Lipinski definition) is 2. The van der Waals surface area contributed by atoms with Crippen LogP contribution in [0.1, 0.15) is 19.8 Å². The molecule has 0 radical (unpaired) electrons. The number of phenolic OH excluding ortho intramolecular Hbond substituents is 1. The van der Waals surface area contributed by atoms with Crippen LogP contribution in [-0.4, -0.2) is 24.2 Å². The van der Waals surface area contributed by atoms with E-state index in [1.54, 1.807) is 12.1 Å². The fraction of sp³-hybridized carbons (Fsp3) is 0.417. The van der Waals surface area contributed by atoms with Crippen LogP contribution >= 0.6 is 0 Å². The first-order valence-electron chi connectivity index (χ1n) is 5.41. The lowest BCUT2D eigenvalue weighted by molar-refractivity contribution is -0.123. The Labute approximate surface area is 95.2 Å². The largest absolute Gasteiger partial charge is 0.508 e. The van der Waals surface area contributed by atoms with E-state index in [0.29, 0.717) is 12.3 Å². The number of nitrogens with one attached hydrogen (secondary N) is 1. The minimum absolute atomic E-state index is 0.00842. The van der Waals surface area contributed by atoms with E-state index in [4.69, 9.17) is 9.84 Å². The van der Waals surface area contributed by atoms with Crippen molar-refractivity contribution >= 4 is 5.91 Å². The molecule has 1 aromatic carbocycles. The van der Waals surface area contributed by atoms with Crippen LogP contribution in [0.2, 0.25) is 0 Å². The molecule has 1 amide bonds. The molecule has 0 atom stereocenters. The maximum absolute atomic E-state index is 11.3. The number of hydrogen-bond acceptors (Lipinski definition) is 3. The van der Waals surface area contributed by atoms with Gasteiger partial charge in [-0.3, -0.25) is 4.79 Å². The zero-order chi connectivity index (χ0) is 11.8. The van der Waals surface area contributed by atoms with Gasteiger partial charge >= 0.3 is 0 Å². The molecule has 4 nitrogen and oxygen atoms in total. The third-order valence-corrected chi connectivity index (χ3v) is 2.06. The predicted octanol–water partition coefficient (Wildman–Crippen LogP) is 1.69. The van der Waals surface area contributed by atoms with E-state index in [1.165, 1.54) is 12.1 Å². The van der Waals surface area contributed by atoms with Crippen LogP contribution in [0.5, 0.6) is 11.5 Å². The second kappa shape index (κ2) is 6.71. The summed E-state index contributed by atoms with van der Waals surface area (Å²) in [5.41, 5.74) is 0. The van der Waals surface area contributed by atoms with Gasteiger partial charge in [-0.1, -0.05) is 13.3 Å². The Bertz CT molecular complexity index is 322. The lowest BCUT2D eigenvalue weighted by atomic mass is 10.3. The van der Waals surface area contributed by atoms with Gasteiger partial charge in [-0.25, -0.2) is 0 Å². The zero-order valence-corrected chi connectivity index (χ0v) is 9.40. The minimum Gasteiger partial charge on any atom is -0.508 e. The Morgan fingerprint density at radius 3 is 2.69 bits per heavy atom. The van der Waals surface area contributed by atoms with E-state index in [-0.39, 0.29) is 18.3 Å². The second-order valence-corrected chi connectivity index (χ2v) is 3.49. The maximum atomic E-state index is 11.3. The number of benzene rings is 1. The second-order valence-electron chi connectivity index (χ2n) is 3.49. The van der Waals surface area contributed by atoms with E-state index in [1.807, 2.05) is 0 Å². The smallest absolute Gasteiger partial charge is 0.257 e. The van der Waals surface area contributed by atoms with E-state index in [2.05, 4.69) is 12.2 Å². The molecule has 0 aliphatic heterocycles. The number of amides is 1. The van der Waals surface area contributed by atoms with Crippen molar-refractivity contribution in [1.29, 1.82) is 0 Å². The highest BCUT2D eigenvalue weighted by Crippen LogP contribution is 2.15. The zero-order valence-electron chi connectivity index (χ0n) is 9.40. The Balaban J connectivity index is 2.23. The van der Waals surface area contributed by atoms with Crippen molar-refractivity contribution in [2.45, 2.75) is 19.8 Å². The SMILES string of the molecule is CCCCNC(=O)COc1ccc(O)cc1. The van der Waals surface area contributed by atoms with Crippen LogP contribution in [0.3, 0.4) is 0 Å². The summed E-state index contributed by atoms with van der Waals surface area (Å²) in [6.07, 6.45) is 2.03. The molecule has 0 spiro atoms. The number of unbranched alkanes of at least 4 members (excludes halogenated alkanes) is 1. The van der Waals surface area contributed by atoms with Crippen molar-refractivity contribution in [2.24, 2.45) is 0 Å². The van der Waals surface area contributed by atoms with E-state index in [0.717, 1.165) is 12.8 Å². The monoisotopic (exact) mass is 223 g/mol. The minimum atomic E-state index is -0.124. The molecule has 0 aromatic heterocycles. The van der Waals surface area contributed by atoms with Gasteiger partial charge in [0.1, 0.15) is 11.5 Å². The number of phenols is 1. The summed E-state index contributed by atoms with van der Waals surface area (Å²) in [5, 5.41) is 11.8. The van der Waals surface area contributed by atoms with Gasteiger partial charge in [-0.2, -0.15) is 0 Å². The molecule has 0 bridgehead atoms. The van der Waals surface area contributed by atoms with Crippen LogP contribution in [0.4, 0.5) is 0 Å².